The number of hydrogen-bond acceptors (Lipinski definition) is 8. The van der Waals surface area contributed by atoms with Crippen molar-refractivity contribution < 1.29 is 38.1 Å². The molecule has 0 atom stereocenters. The van der Waals surface area contributed by atoms with Crippen LogP contribution in [-0.2, 0) is 38.1 Å². The van der Waals surface area contributed by atoms with Crippen molar-refractivity contribution in [1.29, 1.82) is 0 Å². The minimum absolute atomic E-state index is 0.0346. The van der Waals surface area contributed by atoms with Gasteiger partial charge in [0.15, 0.2) is 5.79 Å². The molecular weight excluding hydrogens is 356 g/mol. The molecule has 0 aromatic heterocycles. The van der Waals surface area contributed by atoms with E-state index in [-0.39, 0.29) is 33.0 Å². The summed E-state index contributed by atoms with van der Waals surface area (Å²) >= 11 is 0. The smallest absolute Gasteiger partial charge is 0.330 e. The molecule has 0 aliphatic rings. The molecule has 0 amide bonds. The lowest BCUT2D eigenvalue weighted by molar-refractivity contribution is -0.251. The summed E-state index contributed by atoms with van der Waals surface area (Å²) in [4.78, 5) is 33.2. The minimum atomic E-state index is -0.998. The lowest BCUT2D eigenvalue weighted by atomic mass is 10.1. The first-order valence-electron chi connectivity index (χ1n) is 8.58. The molecule has 0 spiro atoms. The molecule has 0 saturated carbocycles. The lowest BCUT2D eigenvalue weighted by Crippen LogP contribution is -2.38. The maximum Gasteiger partial charge on any atom is 0.330 e. The van der Waals surface area contributed by atoms with E-state index in [4.69, 9.17) is 23.7 Å². The lowest BCUT2D eigenvalue weighted by Gasteiger charge is -2.33. The van der Waals surface area contributed by atoms with Gasteiger partial charge in [-0.15, -0.1) is 0 Å². The summed E-state index contributed by atoms with van der Waals surface area (Å²) in [6, 6.07) is 0. The van der Waals surface area contributed by atoms with Gasteiger partial charge in [-0.05, 0) is 12.8 Å². The maximum absolute atomic E-state index is 11.1. The average molecular weight is 384 g/mol. The predicted octanol–water partition coefficient (Wildman–Crippen LogP) is 2.09. The van der Waals surface area contributed by atoms with E-state index < -0.39 is 23.7 Å². The highest BCUT2D eigenvalue weighted by Crippen LogP contribution is 2.24. The highest BCUT2D eigenvalue weighted by atomic mass is 16.7. The van der Waals surface area contributed by atoms with Gasteiger partial charge in [0.25, 0.3) is 0 Å². The molecule has 0 radical (unpaired) electrons. The molecule has 8 nitrogen and oxygen atoms in total. The topological polar surface area (TPSA) is 97.4 Å². The third-order valence-electron chi connectivity index (χ3n) is 3.37. The van der Waals surface area contributed by atoms with Gasteiger partial charge >= 0.3 is 17.9 Å². The van der Waals surface area contributed by atoms with Gasteiger partial charge in [-0.1, -0.05) is 26.7 Å². The summed E-state index contributed by atoms with van der Waals surface area (Å²) in [6.07, 6.45) is 4.58. The van der Waals surface area contributed by atoms with Crippen LogP contribution in [0.1, 0.15) is 26.2 Å². The van der Waals surface area contributed by atoms with Crippen LogP contribution in [0.4, 0.5) is 0 Å². The summed E-state index contributed by atoms with van der Waals surface area (Å²) in [5, 5.41) is 0. The van der Waals surface area contributed by atoms with Crippen LogP contribution in [0.3, 0.4) is 0 Å². The fourth-order valence-corrected chi connectivity index (χ4v) is 2.00. The van der Waals surface area contributed by atoms with E-state index in [9.17, 15) is 14.4 Å². The Bertz CT molecular complexity index is 443. The van der Waals surface area contributed by atoms with E-state index in [1.165, 1.54) is 0 Å². The standard InChI is InChI=1S/C19H28O8/c1-5-16(20)23-11-9-10-19(8-4,26-14-12-24-17(21)6-2)27-15-13-25-18(22)7-3/h5-7H,1-3,8-15H2,4H3. The third-order valence-corrected chi connectivity index (χ3v) is 3.37. The molecule has 0 N–H and O–H groups in total. The van der Waals surface area contributed by atoms with Crippen LogP contribution < -0.4 is 0 Å². The molecule has 0 bridgehead atoms. The van der Waals surface area contributed by atoms with Gasteiger partial charge in [-0.3, -0.25) is 0 Å². The van der Waals surface area contributed by atoms with Gasteiger partial charge in [0.2, 0.25) is 0 Å². The Balaban J connectivity index is 4.59. The van der Waals surface area contributed by atoms with Crippen molar-refractivity contribution in [2.45, 2.75) is 32.0 Å². The van der Waals surface area contributed by atoms with E-state index >= 15 is 0 Å². The fourth-order valence-electron chi connectivity index (χ4n) is 2.00. The van der Waals surface area contributed by atoms with Gasteiger partial charge in [0.1, 0.15) is 13.2 Å². The first-order valence-corrected chi connectivity index (χ1v) is 8.58. The Kier molecular flexibility index (Phi) is 13.4. The Morgan fingerprint density at radius 3 is 1.52 bits per heavy atom. The van der Waals surface area contributed by atoms with Crippen molar-refractivity contribution in [2.75, 3.05) is 33.0 Å². The van der Waals surface area contributed by atoms with E-state index in [0.717, 1.165) is 18.2 Å². The van der Waals surface area contributed by atoms with Gasteiger partial charge in [0.05, 0.1) is 19.8 Å². The zero-order valence-corrected chi connectivity index (χ0v) is 15.8. The van der Waals surface area contributed by atoms with Crippen LogP contribution >= 0.6 is 0 Å². The Morgan fingerprint density at radius 2 is 1.15 bits per heavy atom. The van der Waals surface area contributed by atoms with Gasteiger partial charge in [-0.2, -0.15) is 0 Å². The van der Waals surface area contributed by atoms with E-state index in [1.54, 1.807) is 0 Å². The maximum atomic E-state index is 11.1. The Labute approximate surface area is 159 Å². The first-order chi connectivity index (χ1) is 12.9. The van der Waals surface area contributed by atoms with Crippen LogP contribution in [0.2, 0.25) is 0 Å². The van der Waals surface area contributed by atoms with Crippen molar-refractivity contribution >= 4 is 17.9 Å². The normalized spacial score (nSPS) is 10.6. The number of rotatable bonds is 16. The van der Waals surface area contributed by atoms with Gasteiger partial charge in [0, 0.05) is 24.6 Å². The molecule has 0 aromatic rings. The van der Waals surface area contributed by atoms with Crippen LogP contribution in [0, 0.1) is 0 Å². The molecule has 27 heavy (non-hydrogen) atoms. The second-order valence-electron chi connectivity index (χ2n) is 5.18. The average Bonchev–Trinajstić information content (AvgIpc) is 2.70. The highest BCUT2D eigenvalue weighted by Gasteiger charge is 2.30. The highest BCUT2D eigenvalue weighted by molar-refractivity contribution is 5.81. The van der Waals surface area contributed by atoms with Crippen molar-refractivity contribution in [3.05, 3.63) is 38.0 Å². The largest absolute Gasteiger partial charge is 0.463 e. The molecule has 0 rings (SSSR count). The van der Waals surface area contributed by atoms with Crippen molar-refractivity contribution in [3.63, 3.8) is 0 Å². The molecule has 152 valence electrons. The van der Waals surface area contributed by atoms with Crippen LogP contribution in [-0.4, -0.2) is 56.7 Å². The molecule has 0 saturated heterocycles. The monoisotopic (exact) mass is 384 g/mol. The Hall–Kier alpha value is -2.45. The third kappa shape index (κ3) is 11.7. The molecule has 0 aliphatic heterocycles. The van der Waals surface area contributed by atoms with Crippen molar-refractivity contribution in [2.24, 2.45) is 0 Å². The second-order valence-corrected chi connectivity index (χ2v) is 5.18. The van der Waals surface area contributed by atoms with Gasteiger partial charge < -0.3 is 23.7 Å². The second kappa shape index (κ2) is 14.7. The predicted molar refractivity (Wildman–Crippen MR) is 97.6 cm³/mol. The minimum Gasteiger partial charge on any atom is -0.463 e. The zero-order chi connectivity index (χ0) is 20.5. The molecule has 8 heteroatoms. The molecule has 0 aliphatic carbocycles. The summed E-state index contributed by atoms with van der Waals surface area (Å²) in [5.74, 6) is -2.60. The molecular formula is C19H28O8. The summed E-state index contributed by atoms with van der Waals surface area (Å²) in [6.45, 7) is 12.3. The van der Waals surface area contributed by atoms with Crippen molar-refractivity contribution in [3.8, 4) is 0 Å². The zero-order valence-electron chi connectivity index (χ0n) is 15.8. The summed E-state index contributed by atoms with van der Waals surface area (Å²) in [7, 11) is 0. The summed E-state index contributed by atoms with van der Waals surface area (Å²) < 4.78 is 26.3. The molecule has 0 heterocycles. The number of esters is 3. The molecule has 0 aromatic carbocycles. The molecule has 0 unspecified atom stereocenters. The summed E-state index contributed by atoms with van der Waals surface area (Å²) in [5.41, 5.74) is 0. The number of carbonyl (C=O) groups is 3. The van der Waals surface area contributed by atoms with E-state index in [2.05, 4.69) is 19.7 Å². The van der Waals surface area contributed by atoms with Crippen LogP contribution in [0.25, 0.3) is 0 Å². The number of carbonyl (C=O) groups excluding carboxylic acids is 3. The quantitative estimate of drug-likeness (QED) is 0.131. The molecule has 0 fully saturated rings. The van der Waals surface area contributed by atoms with Crippen molar-refractivity contribution in [1.82, 2.24) is 0 Å². The number of hydrogen-bond donors (Lipinski definition) is 0. The Morgan fingerprint density at radius 1 is 0.741 bits per heavy atom. The van der Waals surface area contributed by atoms with Crippen LogP contribution in [0.5, 0.6) is 0 Å². The van der Waals surface area contributed by atoms with E-state index in [0.29, 0.717) is 19.3 Å². The number of ether oxygens (including phenoxy) is 5. The fraction of sp³-hybridized carbons (Fsp3) is 0.526. The van der Waals surface area contributed by atoms with Gasteiger partial charge in [-0.25, -0.2) is 14.4 Å². The van der Waals surface area contributed by atoms with E-state index in [1.807, 2.05) is 6.92 Å². The SMILES string of the molecule is C=CC(=O)OCCCC(CC)(OCCOC(=O)C=C)OCCOC(=O)C=C. The first kappa shape index (κ1) is 24.6. The van der Waals surface area contributed by atoms with Crippen LogP contribution in [0.15, 0.2) is 38.0 Å².